The Hall–Kier alpha value is -3.35. The summed E-state index contributed by atoms with van der Waals surface area (Å²) in [5, 5.41) is 12.2. The summed E-state index contributed by atoms with van der Waals surface area (Å²) in [5.74, 6) is -1.32. The average molecular weight is 463 g/mol. The molecule has 2 N–H and O–H groups in total. The molecule has 2 aromatic rings. The molecule has 0 radical (unpaired) electrons. The minimum Gasteiger partial charge on any atom is -0.481 e. The quantitative estimate of drug-likeness (QED) is 0.703. The highest BCUT2D eigenvalue weighted by atomic mass is 16.5. The zero-order chi connectivity index (χ0) is 23.8. The van der Waals surface area contributed by atoms with Gasteiger partial charge in [-0.05, 0) is 47.4 Å². The van der Waals surface area contributed by atoms with Gasteiger partial charge in [0.2, 0.25) is 5.91 Å². The third-order valence-electron chi connectivity index (χ3n) is 7.47. The minimum absolute atomic E-state index is 0.00314. The molecule has 7 nitrogen and oxygen atoms in total. The second-order valence-corrected chi connectivity index (χ2v) is 9.95. The SMILES string of the molecule is CC1CC(C(=O)O)CN(C(=O)C2CC(NC(=O)OCC3c4ccccc4-c4ccccc43)C2)C1. The van der Waals surface area contributed by atoms with Gasteiger partial charge in [0, 0.05) is 31.0 Å². The van der Waals surface area contributed by atoms with E-state index in [1.54, 1.807) is 4.90 Å². The van der Waals surface area contributed by atoms with E-state index in [4.69, 9.17) is 4.74 Å². The summed E-state index contributed by atoms with van der Waals surface area (Å²) in [5.41, 5.74) is 4.71. The van der Waals surface area contributed by atoms with Crippen LogP contribution in [0.1, 0.15) is 43.2 Å². The lowest BCUT2D eigenvalue weighted by Crippen LogP contribution is -2.53. The van der Waals surface area contributed by atoms with Gasteiger partial charge in [-0.25, -0.2) is 4.79 Å². The Morgan fingerprint density at radius 1 is 0.941 bits per heavy atom. The Kier molecular flexibility index (Phi) is 6.02. The number of alkyl carbamates (subject to hydrolysis) is 1. The van der Waals surface area contributed by atoms with Crippen LogP contribution in [0.25, 0.3) is 11.1 Å². The second kappa shape index (κ2) is 9.12. The van der Waals surface area contributed by atoms with Crippen LogP contribution in [-0.2, 0) is 14.3 Å². The molecule has 5 rings (SSSR count). The number of hydrogen-bond acceptors (Lipinski definition) is 4. The number of fused-ring (bicyclic) bond motifs is 3. The number of amides is 2. The van der Waals surface area contributed by atoms with Crippen LogP contribution < -0.4 is 5.32 Å². The molecule has 1 saturated heterocycles. The summed E-state index contributed by atoms with van der Waals surface area (Å²) in [6.07, 6.45) is 1.27. The summed E-state index contributed by atoms with van der Waals surface area (Å²) in [4.78, 5) is 38.4. The van der Waals surface area contributed by atoms with Crippen molar-refractivity contribution in [1.29, 1.82) is 0 Å². The van der Waals surface area contributed by atoms with Gasteiger partial charge in [-0.2, -0.15) is 0 Å². The molecule has 0 bridgehead atoms. The highest BCUT2D eigenvalue weighted by molar-refractivity contribution is 5.82. The van der Waals surface area contributed by atoms with Gasteiger partial charge in [-0.15, -0.1) is 0 Å². The van der Waals surface area contributed by atoms with Crippen LogP contribution in [0.15, 0.2) is 48.5 Å². The molecule has 2 fully saturated rings. The van der Waals surface area contributed by atoms with Crippen LogP contribution in [0.5, 0.6) is 0 Å². The standard InChI is InChI=1S/C27H30N2O5/c1-16-10-18(26(31)32)14-29(13-16)25(30)17-11-19(12-17)28-27(33)34-15-24-22-8-4-2-6-20(22)21-7-3-5-9-23(21)24/h2-9,16-19,24H,10-15H2,1H3,(H,28,33)(H,31,32). The van der Waals surface area contributed by atoms with E-state index >= 15 is 0 Å². The number of carbonyl (C=O) groups excluding carboxylic acids is 2. The van der Waals surface area contributed by atoms with Crippen LogP contribution in [0.4, 0.5) is 4.79 Å². The van der Waals surface area contributed by atoms with Gasteiger partial charge in [-0.1, -0.05) is 55.5 Å². The van der Waals surface area contributed by atoms with Crippen molar-refractivity contribution in [3.63, 3.8) is 0 Å². The van der Waals surface area contributed by atoms with E-state index in [-0.39, 0.29) is 42.9 Å². The molecule has 3 aliphatic rings. The predicted molar refractivity (Wildman–Crippen MR) is 126 cm³/mol. The Balaban J connectivity index is 1.11. The molecule has 7 heteroatoms. The molecule has 2 amide bonds. The van der Waals surface area contributed by atoms with Crippen LogP contribution in [0.3, 0.4) is 0 Å². The zero-order valence-electron chi connectivity index (χ0n) is 19.3. The lowest BCUT2D eigenvalue weighted by Gasteiger charge is -2.41. The van der Waals surface area contributed by atoms with Crippen molar-refractivity contribution < 1.29 is 24.2 Å². The number of ether oxygens (including phenoxy) is 1. The molecule has 2 atom stereocenters. The Morgan fingerprint density at radius 2 is 1.56 bits per heavy atom. The van der Waals surface area contributed by atoms with E-state index < -0.39 is 18.0 Å². The van der Waals surface area contributed by atoms with Gasteiger partial charge in [0.25, 0.3) is 0 Å². The fourth-order valence-electron chi connectivity index (χ4n) is 5.71. The van der Waals surface area contributed by atoms with Gasteiger partial charge in [0.1, 0.15) is 6.61 Å². The van der Waals surface area contributed by atoms with Crippen molar-refractivity contribution in [3.05, 3.63) is 59.7 Å². The summed E-state index contributed by atoms with van der Waals surface area (Å²) < 4.78 is 5.60. The number of benzene rings is 2. The molecular weight excluding hydrogens is 432 g/mol. The fourth-order valence-corrected chi connectivity index (χ4v) is 5.71. The summed E-state index contributed by atoms with van der Waals surface area (Å²) in [6.45, 7) is 3.12. The first-order valence-electron chi connectivity index (χ1n) is 12.0. The summed E-state index contributed by atoms with van der Waals surface area (Å²) in [6, 6.07) is 16.3. The second-order valence-electron chi connectivity index (χ2n) is 9.95. The van der Waals surface area contributed by atoms with E-state index in [0.717, 1.165) is 0 Å². The van der Waals surface area contributed by atoms with Crippen molar-refractivity contribution in [3.8, 4) is 11.1 Å². The molecule has 0 aromatic heterocycles. The zero-order valence-corrected chi connectivity index (χ0v) is 19.3. The lowest BCUT2D eigenvalue weighted by atomic mass is 9.78. The minimum atomic E-state index is -0.840. The molecule has 0 spiro atoms. The number of hydrogen-bond donors (Lipinski definition) is 2. The number of carbonyl (C=O) groups is 3. The molecule has 1 heterocycles. The molecule has 2 unspecified atom stereocenters. The maximum atomic E-state index is 12.8. The fraction of sp³-hybridized carbons (Fsp3) is 0.444. The first-order valence-corrected chi connectivity index (χ1v) is 12.0. The van der Waals surface area contributed by atoms with Gasteiger partial charge in [-0.3, -0.25) is 9.59 Å². The number of nitrogens with one attached hydrogen (secondary N) is 1. The Morgan fingerprint density at radius 3 is 2.18 bits per heavy atom. The van der Waals surface area contributed by atoms with Crippen molar-refractivity contribution in [2.45, 2.75) is 38.1 Å². The molecule has 2 aromatic carbocycles. The number of aliphatic carboxylic acids is 1. The monoisotopic (exact) mass is 462 g/mol. The number of piperidine rings is 1. The van der Waals surface area contributed by atoms with Gasteiger partial charge < -0.3 is 20.1 Å². The predicted octanol–water partition coefficient (Wildman–Crippen LogP) is 3.87. The van der Waals surface area contributed by atoms with Gasteiger partial charge in [0.05, 0.1) is 5.92 Å². The number of rotatable bonds is 5. The van der Waals surface area contributed by atoms with E-state index in [0.29, 0.717) is 25.8 Å². The molecular formula is C27H30N2O5. The number of carboxylic acid groups (broad SMARTS) is 1. The van der Waals surface area contributed by atoms with Gasteiger partial charge in [0.15, 0.2) is 0 Å². The maximum Gasteiger partial charge on any atom is 0.407 e. The van der Waals surface area contributed by atoms with E-state index in [1.165, 1.54) is 22.3 Å². The van der Waals surface area contributed by atoms with Crippen molar-refractivity contribution in [1.82, 2.24) is 10.2 Å². The van der Waals surface area contributed by atoms with Crippen molar-refractivity contribution in [2.24, 2.45) is 17.8 Å². The van der Waals surface area contributed by atoms with Crippen molar-refractivity contribution in [2.75, 3.05) is 19.7 Å². The number of likely N-dealkylation sites (tertiary alicyclic amines) is 1. The lowest BCUT2D eigenvalue weighted by molar-refractivity contribution is -0.149. The third-order valence-corrected chi connectivity index (χ3v) is 7.47. The molecule has 1 aliphatic heterocycles. The molecule has 34 heavy (non-hydrogen) atoms. The van der Waals surface area contributed by atoms with Crippen LogP contribution in [0.2, 0.25) is 0 Å². The molecule has 2 aliphatic carbocycles. The number of nitrogens with zero attached hydrogens (tertiary/aromatic N) is 1. The van der Waals surface area contributed by atoms with E-state index in [9.17, 15) is 19.5 Å². The Labute approximate surface area is 199 Å². The third kappa shape index (κ3) is 4.27. The highest BCUT2D eigenvalue weighted by Crippen LogP contribution is 2.44. The Bertz CT molecular complexity index is 1060. The van der Waals surface area contributed by atoms with Crippen LogP contribution in [-0.4, -0.2) is 53.7 Å². The smallest absolute Gasteiger partial charge is 0.407 e. The van der Waals surface area contributed by atoms with Gasteiger partial charge >= 0.3 is 12.1 Å². The van der Waals surface area contributed by atoms with Crippen LogP contribution in [0, 0.1) is 17.8 Å². The maximum absolute atomic E-state index is 12.8. The van der Waals surface area contributed by atoms with Crippen LogP contribution >= 0.6 is 0 Å². The summed E-state index contributed by atoms with van der Waals surface area (Å²) in [7, 11) is 0. The average Bonchev–Trinajstić information content (AvgIpc) is 3.12. The molecule has 1 saturated carbocycles. The van der Waals surface area contributed by atoms with E-state index in [1.807, 2.05) is 31.2 Å². The molecule has 178 valence electrons. The normalized spacial score (nSPS) is 25.6. The number of carboxylic acids is 1. The topological polar surface area (TPSA) is 95.9 Å². The first kappa shape index (κ1) is 22.4. The highest BCUT2D eigenvalue weighted by Gasteiger charge is 2.41. The van der Waals surface area contributed by atoms with Crippen molar-refractivity contribution >= 4 is 18.0 Å². The summed E-state index contributed by atoms with van der Waals surface area (Å²) >= 11 is 0. The van der Waals surface area contributed by atoms with E-state index in [2.05, 4.69) is 29.6 Å². The first-order chi connectivity index (χ1) is 16.4. The largest absolute Gasteiger partial charge is 0.481 e.